The standard InChI is InChI=1S/C13H17ClN2/c14-10-5-6-12-13(7-10)15-8-9-3-1-2-4-11(9)16-12/h5-7,9,11,15-16H,1-4,8H2. The number of halogens is 1. The molecule has 2 aliphatic rings. The molecule has 1 aliphatic heterocycles. The first kappa shape index (κ1) is 10.3. The number of anilines is 2. The Morgan fingerprint density at radius 2 is 2.00 bits per heavy atom. The molecule has 2 nitrogen and oxygen atoms in total. The number of hydrogen-bond acceptors (Lipinski definition) is 2. The van der Waals surface area contributed by atoms with Crippen molar-refractivity contribution < 1.29 is 0 Å². The zero-order chi connectivity index (χ0) is 11.0. The van der Waals surface area contributed by atoms with E-state index < -0.39 is 0 Å². The molecule has 2 atom stereocenters. The van der Waals surface area contributed by atoms with Crippen molar-refractivity contribution in [3.8, 4) is 0 Å². The topological polar surface area (TPSA) is 24.1 Å². The minimum atomic E-state index is 0.642. The lowest BCUT2D eigenvalue weighted by atomic mass is 9.84. The van der Waals surface area contributed by atoms with Gasteiger partial charge < -0.3 is 10.6 Å². The highest BCUT2D eigenvalue weighted by atomic mass is 35.5. The Labute approximate surface area is 101 Å². The van der Waals surface area contributed by atoms with Crippen LogP contribution in [0.1, 0.15) is 25.7 Å². The Bertz CT molecular complexity index is 392. The van der Waals surface area contributed by atoms with E-state index in [0.717, 1.165) is 23.2 Å². The third-order valence-electron chi connectivity index (χ3n) is 3.79. The van der Waals surface area contributed by atoms with E-state index in [0.29, 0.717) is 6.04 Å². The van der Waals surface area contributed by atoms with Crippen LogP contribution in [-0.2, 0) is 0 Å². The lowest BCUT2D eigenvalue weighted by Crippen LogP contribution is -2.34. The number of nitrogens with one attached hydrogen (secondary N) is 2. The molecule has 1 heterocycles. The van der Waals surface area contributed by atoms with Crippen molar-refractivity contribution in [1.29, 1.82) is 0 Å². The van der Waals surface area contributed by atoms with E-state index in [-0.39, 0.29) is 0 Å². The van der Waals surface area contributed by atoms with Crippen molar-refractivity contribution in [2.24, 2.45) is 5.92 Å². The second-order valence-corrected chi connectivity index (χ2v) is 5.30. The molecule has 3 heteroatoms. The SMILES string of the molecule is Clc1ccc2c(c1)NCC1CCCCC1N2. The number of hydrogen-bond donors (Lipinski definition) is 2. The third kappa shape index (κ3) is 1.86. The van der Waals surface area contributed by atoms with Gasteiger partial charge in [-0.2, -0.15) is 0 Å². The van der Waals surface area contributed by atoms with Crippen LogP contribution in [0.4, 0.5) is 11.4 Å². The minimum absolute atomic E-state index is 0.642. The van der Waals surface area contributed by atoms with E-state index in [9.17, 15) is 0 Å². The van der Waals surface area contributed by atoms with Gasteiger partial charge in [-0.05, 0) is 37.0 Å². The van der Waals surface area contributed by atoms with Crippen molar-refractivity contribution in [3.63, 3.8) is 0 Å². The first-order valence-electron chi connectivity index (χ1n) is 6.13. The van der Waals surface area contributed by atoms with Crippen molar-refractivity contribution in [2.75, 3.05) is 17.2 Å². The Hall–Kier alpha value is -0.890. The van der Waals surface area contributed by atoms with Crippen LogP contribution in [0.5, 0.6) is 0 Å². The van der Waals surface area contributed by atoms with Gasteiger partial charge in [-0.25, -0.2) is 0 Å². The maximum atomic E-state index is 6.02. The van der Waals surface area contributed by atoms with Crippen molar-refractivity contribution >= 4 is 23.0 Å². The fraction of sp³-hybridized carbons (Fsp3) is 0.538. The van der Waals surface area contributed by atoms with E-state index in [4.69, 9.17) is 11.6 Å². The fourth-order valence-electron chi connectivity index (χ4n) is 2.87. The molecule has 0 bridgehead atoms. The van der Waals surface area contributed by atoms with Gasteiger partial charge in [0.2, 0.25) is 0 Å². The Kier molecular flexibility index (Phi) is 2.68. The third-order valence-corrected chi connectivity index (χ3v) is 4.02. The summed E-state index contributed by atoms with van der Waals surface area (Å²) in [5, 5.41) is 7.99. The van der Waals surface area contributed by atoms with Gasteiger partial charge in [0.15, 0.2) is 0 Å². The second kappa shape index (κ2) is 4.17. The molecular weight excluding hydrogens is 220 g/mol. The van der Waals surface area contributed by atoms with Crippen LogP contribution in [0.25, 0.3) is 0 Å². The van der Waals surface area contributed by atoms with E-state index in [2.05, 4.69) is 16.7 Å². The van der Waals surface area contributed by atoms with Crippen LogP contribution in [0.2, 0.25) is 5.02 Å². The van der Waals surface area contributed by atoms with Crippen molar-refractivity contribution in [3.05, 3.63) is 23.2 Å². The van der Waals surface area contributed by atoms with Gasteiger partial charge >= 0.3 is 0 Å². The van der Waals surface area contributed by atoms with E-state index in [1.807, 2.05) is 12.1 Å². The van der Waals surface area contributed by atoms with Crippen LogP contribution in [0.15, 0.2) is 18.2 Å². The maximum absolute atomic E-state index is 6.02. The average Bonchev–Trinajstić information content (AvgIpc) is 2.48. The molecule has 0 spiro atoms. The van der Waals surface area contributed by atoms with Crippen LogP contribution in [0.3, 0.4) is 0 Å². The molecule has 1 aromatic carbocycles. The van der Waals surface area contributed by atoms with E-state index in [1.165, 1.54) is 31.4 Å². The first-order chi connectivity index (χ1) is 7.83. The highest BCUT2D eigenvalue weighted by Gasteiger charge is 2.27. The molecule has 0 radical (unpaired) electrons. The summed E-state index contributed by atoms with van der Waals surface area (Å²) < 4.78 is 0. The van der Waals surface area contributed by atoms with Gasteiger partial charge in [0, 0.05) is 17.6 Å². The first-order valence-corrected chi connectivity index (χ1v) is 6.51. The van der Waals surface area contributed by atoms with Crippen LogP contribution < -0.4 is 10.6 Å². The molecule has 1 aromatic rings. The van der Waals surface area contributed by atoms with Gasteiger partial charge in [0.05, 0.1) is 11.4 Å². The molecule has 1 aliphatic carbocycles. The summed E-state index contributed by atoms with van der Waals surface area (Å²) in [6.45, 7) is 1.07. The summed E-state index contributed by atoms with van der Waals surface area (Å²) in [7, 11) is 0. The zero-order valence-electron chi connectivity index (χ0n) is 9.30. The number of rotatable bonds is 0. The largest absolute Gasteiger partial charge is 0.383 e. The molecule has 1 saturated carbocycles. The minimum Gasteiger partial charge on any atom is -0.383 e. The summed E-state index contributed by atoms with van der Waals surface area (Å²) in [6.07, 6.45) is 5.37. The number of benzene rings is 1. The quantitative estimate of drug-likeness (QED) is 0.717. The highest BCUT2D eigenvalue weighted by molar-refractivity contribution is 6.31. The van der Waals surface area contributed by atoms with Crippen LogP contribution in [0, 0.1) is 5.92 Å². The molecule has 2 unspecified atom stereocenters. The van der Waals surface area contributed by atoms with Crippen molar-refractivity contribution in [1.82, 2.24) is 0 Å². The Morgan fingerprint density at radius 1 is 1.12 bits per heavy atom. The molecule has 0 saturated heterocycles. The molecule has 3 rings (SSSR count). The summed E-state index contributed by atoms with van der Waals surface area (Å²) in [5.41, 5.74) is 2.36. The molecule has 0 amide bonds. The van der Waals surface area contributed by atoms with Crippen molar-refractivity contribution in [2.45, 2.75) is 31.7 Å². The molecule has 0 aromatic heterocycles. The molecule has 16 heavy (non-hydrogen) atoms. The summed E-state index contributed by atoms with van der Waals surface area (Å²) >= 11 is 6.02. The predicted molar refractivity (Wildman–Crippen MR) is 69.3 cm³/mol. The molecular formula is C13H17ClN2. The van der Waals surface area contributed by atoms with Gasteiger partial charge in [-0.1, -0.05) is 24.4 Å². The Balaban J connectivity index is 1.89. The average molecular weight is 237 g/mol. The predicted octanol–water partition coefficient (Wildman–Crippen LogP) is 3.74. The molecule has 86 valence electrons. The van der Waals surface area contributed by atoms with Gasteiger partial charge in [0.1, 0.15) is 0 Å². The highest BCUT2D eigenvalue weighted by Crippen LogP contribution is 2.34. The normalized spacial score (nSPS) is 28.1. The monoisotopic (exact) mass is 236 g/mol. The van der Waals surface area contributed by atoms with E-state index in [1.54, 1.807) is 0 Å². The van der Waals surface area contributed by atoms with Gasteiger partial charge in [-0.3, -0.25) is 0 Å². The van der Waals surface area contributed by atoms with Crippen LogP contribution >= 0.6 is 11.6 Å². The maximum Gasteiger partial charge on any atom is 0.0591 e. The summed E-state index contributed by atoms with van der Waals surface area (Å²) in [4.78, 5) is 0. The fourth-order valence-corrected chi connectivity index (χ4v) is 3.04. The summed E-state index contributed by atoms with van der Waals surface area (Å²) in [5.74, 6) is 0.764. The van der Waals surface area contributed by atoms with Gasteiger partial charge in [-0.15, -0.1) is 0 Å². The second-order valence-electron chi connectivity index (χ2n) is 4.87. The van der Waals surface area contributed by atoms with Gasteiger partial charge in [0.25, 0.3) is 0 Å². The smallest absolute Gasteiger partial charge is 0.0591 e. The van der Waals surface area contributed by atoms with E-state index >= 15 is 0 Å². The lowest BCUT2D eigenvalue weighted by Gasteiger charge is -2.30. The van der Waals surface area contributed by atoms with Crippen LogP contribution in [-0.4, -0.2) is 12.6 Å². The molecule has 2 N–H and O–H groups in total. The number of fused-ring (bicyclic) bond motifs is 2. The molecule has 1 fully saturated rings. The zero-order valence-corrected chi connectivity index (χ0v) is 10.1. The summed E-state index contributed by atoms with van der Waals surface area (Å²) in [6, 6.07) is 6.70. The lowest BCUT2D eigenvalue weighted by molar-refractivity contribution is 0.342. The Morgan fingerprint density at radius 3 is 2.94 bits per heavy atom.